The fourth-order valence-electron chi connectivity index (χ4n) is 3.31. The van der Waals surface area contributed by atoms with Crippen molar-refractivity contribution in [3.63, 3.8) is 0 Å². The van der Waals surface area contributed by atoms with Crippen molar-refractivity contribution in [2.24, 2.45) is 5.92 Å². The van der Waals surface area contributed by atoms with Crippen LogP contribution in [0.1, 0.15) is 36.7 Å². The van der Waals surface area contributed by atoms with Crippen LogP contribution in [0.25, 0.3) is 0 Å². The lowest BCUT2D eigenvalue weighted by Crippen LogP contribution is -2.32. The number of rotatable bonds is 4. The summed E-state index contributed by atoms with van der Waals surface area (Å²) in [5.41, 5.74) is 3.29. The minimum atomic E-state index is -0.736. The molecule has 1 aliphatic rings. The first-order valence-electron chi connectivity index (χ1n) is 8.62. The summed E-state index contributed by atoms with van der Waals surface area (Å²) in [6, 6.07) is 10.3. The number of aliphatic hydroxyl groups excluding tert-OH is 1. The predicted molar refractivity (Wildman–Crippen MR) is 99.9 cm³/mol. The number of hydrogen-bond donors (Lipinski definition) is 1. The molecular weight excluding hydrogens is 328 g/mol. The SMILES string of the molecule is Cc1ccc(N2C(=O)C(O)=C(C(=O)C(C)C)C2c2ccccn2)c(C)c1. The van der Waals surface area contributed by atoms with Gasteiger partial charge in [-0.25, -0.2) is 0 Å². The van der Waals surface area contributed by atoms with Gasteiger partial charge in [-0.2, -0.15) is 0 Å². The van der Waals surface area contributed by atoms with E-state index in [1.165, 1.54) is 4.90 Å². The fourth-order valence-corrected chi connectivity index (χ4v) is 3.31. The Kier molecular flexibility index (Phi) is 4.64. The molecule has 0 spiro atoms. The Hall–Kier alpha value is -2.95. The molecule has 1 atom stereocenters. The Labute approximate surface area is 153 Å². The van der Waals surface area contributed by atoms with Gasteiger partial charge in [0.1, 0.15) is 6.04 Å². The molecule has 1 aromatic heterocycles. The Bertz CT molecular complexity index is 901. The van der Waals surface area contributed by atoms with Crippen LogP contribution < -0.4 is 4.90 Å². The molecule has 0 bridgehead atoms. The molecular formula is C21H22N2O3. The smallest absolute Gasteiger partial charge is 0.294 e. The summed E-state index contributed by atoms with van der Waals surface area (Å²) >= 11 is 0. The molecule has 0 aliphatic carbocycles. The maximum Gasteiger partial charge on any atom is 0.294 e. The van der Waals surface area contributed by atoms with Crippen LogP contribution in [0, 0.1) is 19.8 Å². The maximum absolute atomic E-state index is 12.9. The third-order valence-corrected chi connectivity index (χ3v) is 4.58. The largest absolute Gasteiger partial charge is 0.503 e. The molecule has 3 rings (SSSR count). The highest BCUT2D eigenvalue weighted by Gasteiger charge is 2.45. The maximum atomic E-state index is 12.9. The summed E-state index contributed by atoms with van der Waals surface area (Å²) in [5, 5.41) is 10.5. The van der Waals surface area contributed by atoms with Gasteiger partial charge in [0.25, 0.3) is 5.91 Å². The van der Waals surface area contributed by atoms with Crippen LogP contribution in [0.5, 0.6) is 0 Å². The summed E-state index contributed by atoms with van der Waals surface area (Å²) < 4.78 is 0. The van der Waals surface area contributed by atoms with Crippen molar-refractivity contribution >= 4 is 17.4 Å². The van der Waals surface area contributed by atoms with Crippen LogP contribution in [-0.4, -0.2) is 21.8 Å². The topological polar surface area (TPSA) is 70.5 Å². The zero-order valence-electron chi connectivity index (χ0n) is 15.4. The first-order valence-corrected chi connectivity index (χ1v) is 8.62. The van der Waals surface area contributed by atoms with Crippen molar-refractivity contribution in [2.45, 2.75) is 33.7 Å². The van der Waals surface area contributed by atoms with Gasteiger partial charge in [0.05, 0.1) is 11.3 Å². The second-order valence-electron chi connectivity index (χ2n) is 6.90. The Morgan fingerprint density at radius 1 is 1.19 bits per heavy atom. The van der Waals surface area contributed by atoms with Crippen LogP contribution in [-0.2, 0) is 9.59 Å². The van der Waals surface area contributed by atoms with E-state index in [1.807, 2.05) is 32.0 Å². The molecule has 134 valence electrons. The second-order valence-corrected chi connectivity index (χ2v) is 6.90. The number of benzene rings is 1. The number of hydrogen-bond acceptors (Lipinski definition) is 4. The summed E-state index contributed by atoms with van der Waals surface area (Å²) in [6.07, 6.45) is 1.62. The van der Waals surface area contributed by atoms with Crippen molar-refractivity contribution in [3.05, 3.63) is 70.7 Å². The third-order valence-electron chi connectivity index (χ3n) is 4.58. The Balaban J connectivity index is 2.21. The van der Waals surface area contributed by atoms with Gasteiger partial charge in [0, 0.05) is 17.8 Å². The van der Waals surface area contributed by atoms with Gasteiger partial charge in [0.2, 0.25) is 0 Å². The molecule has 1 unspecified atom stereocenters. The first kappa shape index (κ1) is 17.9. The minimum Gasteiger partial charge on any atom is -0.503 e. The van der Waals surface area contributed by atoms with Gasteiger partial charge in [-0.05, 0) is 37.6 Å². The number of carbonyl (C=O) groups excluding carboxylic acids is 2. The zero-order chi connectivity index (χ0) is 19.0. The van der Waals surface area contributed by atoms with E-state index in [9.17, 15) is 14.7 Å². The molecule has 0 saturated heterocycles. The van der Waals surface area contributed by atoms with Gasteiger partial charge < -0.3 is 5.11 Å². The molecule has 26 heavy (non-hydrogen) atoms. The summed E-state index contributed by atoms with van der Waals surface area (Å²) in [4.78, 5) is 31.5. The molecule has 0 radical (unpaired) electrons. The number of amides is 1. The van der Waals surface area contributed by atoms with Crippen LogP contribution >= 0.6 is 0 Å². The minimum absolute atomic E-state index is 0.115. The lowest BCUT2D eigenvalue weighted by molar-refractivity contribution is -0.119. The summed E-state index contributed by atoms with van der Waals surface area (Å²) in [7, 11) is 0. The normalized spacial score (nSPS) is 17.3. The van der Waals surface area contributed by atoms with E-state index in [0.29, 0.717) is 11.4 Å². The van der Waals surface area contributed by atoms with Crippen molar-refractivity contribution < 1.29 is 14.7 Å². The van der Waals surface area contributed by atoms with Gasteiger partial charge in [-0.1, -0.05) is 37.6 Å². The van der Waals surface area contributed by atoms with E-state index in [2.05, 4.69) is 4.98 Å². The number of ketones is 1. The predicted octanol–water partition coefficient (Wildman–Crippen LogP) is 3.82. The van der Waals surface area contributed by atoms with Crippen LogP contribution in [0.3, 0.4) is 0 Å². The molecule has 5 heteroatoms. The lowest BCUT2D eigenvalue weighted by Gasteiger charge is -2.28. The molecule has 0 fully saturated rings. The Morgan fingerprint density at radius 3 is 2.50 bits per heavy atom. The Morgan fingerprint density at radius 2 is 1.92 bits per heavy atom. The van der Waals surface area contributed by atoms with E-state index < -0.39 is 17.7 Å². The highest BCUT2D eigenvalue weighted by molar-refractivity contribution is 6.17. The second kappa shape index (κ2) is 6.75. The lowest BCUT2D eigenvalue weighted by atomic mass is 9.93. The van der Waals surface area contributed by atoms with Crippen molar-refractivity contribution in [1.82, 2.24) is 4.98 Å². The molecule has 1 amide bonds. The molecule has 1 N–H and O–H groups in total. The van der Waals surface area contributed by atoms with Crippen LogP contribution in [0.2, 0.25) is 0 Å². The van der Waals surface area contributed by atoms with Crippen LogP contribution in [0.4, 0.5) is 5.69 Å². The molecule has 5 nitrogen and oxygen atoms in total. The van der Waals surface area contributed by atoms with Crippen molar-refractivity contribution in [1.29, 1.82) is 0 Å². The molecule has 2 aromatic rings. The number of pyridine rings is 1. The van der Waals surface area contributed by atoms with Crippen molar-refractivity contribution in [3.8, 4) is 0 Å². The van der Waals surface area contributed by atoms with E-state index >= 15 is 0 Å². The average molecular weight is 350 g/mol. The molecule has 0 saturated carbocycles. The molecule has 1 aliphatic heterocycles. The number of aryl methyl sites for hydroxylation is 2. The highest BCUT2D eigenvalue weighted by atomic mass is 16.3. The standard InChI is InChI=1S/C21H22N2O3/c1-12(2)19(24)17-18(15-7-5-6-10-22-15)23(21(26)20(17)25)16-9-8-13(3)11-14(16)4/h5-12,18,25H,1-4H3. The number of Topliss-reactive ketones (excluding diaryl/α,β-unsaturated/α-hetero) is 1. The third kappa shape index (κ3) is 2.90. The molecule has 2 heterocycles. The monoisotopic (exact) mass is 350 g/mol. The highest BCUT2D eigenvalue weighted by Crippen LogP contribution is 2.42. The summed E-state index contributed by atoms with van der Waals surface area (Å²) in [5.74, 6) is -1.65. The summed E-state index contributed by atoms with van der Waals surface area (Å²) in [6.45, 7) is 7.39. The van der Waals surface area contributed by atoms with E-state index in [1.54, 1.807) is 38.2 Å². The number of aromatic nitrogens is 1. The zero-order valence-corrected chi connectivity index (χ0v) is 15.4. The fraction of sp³-hybridized carbons (Fsp3) is 0.286. The van der Waals surface area contributed by atoms with Gasteiger partial charge in [-0.3, -0.25) is 19.5 Å². The van der Waals surface area contributed by atoms with Gasteiger partial charge >= 0.3 is 0 Å². The first-order chi connectivity index (χ1) is 12.3. The average Bonchev–Trinajstić information content (AvgIpc) is 2.87. The van der Waals surface area contributed by atoms with Crippen molar-refractivity contribution in [2.75, 3.05) is 4.90 Å². The van der Waals surface area contributed by atoms with Gasteiger partial charge in [-0.15, -0.1) is 0 Å². The van der Waals surface area contributed by atoms with E-state index in [4.69, 9.17) is 0 Å². The van der Waals surface area contributed by atoms with E-state index in [0.717, 1.165) is 11.1 Å². The number of aliphatic hydroxyl groups is 1. The number of nitrogens with zero attached hydrogens (tertiary/aromatic N) is 2. The quantitative estimate of drug-likeness (QED) is 0.910. The number of carbonyl (C=O) groups is 2. The van der Waals surface area contributed by atoms with E-state index in [-0.39, 0.29) is 17.3 Å². The number of anilines is 1. The molecule has 1 aromatic carbocycles. The van der Waals surface area contributed by atoms with Crippen LogP contribution in [0.15, 0.2) is 53.9 Å². The van der Waals surface area contributed by atoms with Gasteiger partial charge in [0.15, 0.2) is 11.5 Å².